The van der Waals surface area contributed by atoms with Gasteiger partial charge in [0.2, 0.25) is 0 Å². The highest BCUT2D eigenvalue weighted by Gasteiger charge is 2.10. The molecule has 0 fully saturated rings. The van der Waals surface area contributed by atoms with Crippen molar-refractivity contribution in [3.63, 3.8) is 0 Å². The van der Waals surface area contributed by atoms with Crippen molar-refractivity contribution in [2.45, 2.75) is 13.5 Å². The fraction of sp³-hybridized carbons (Fsp3) is 0.143. The molecule has 18 heavy (non-hydrogen) atoms. The highest BCUT2D eigenvalue weighted by molar-refractivity contribution is 9.10. The number of rotatable bonds is 2. The van der Waals surface area contributed by atoms with E-state index in [1.807, 2.05) is 19.2 Å². The summed E-state index contributed by atoms with van der Waals surface area (Å²) in [6.45, 7) is 2.85. The zero-order valence-electron chi connectivity index (χ0n) is 9.97. The number of benzene rings is 1. The first-order valence-corrected chi connectivity index (χ1v) is 6.55. The predicted octanol–water partition coefficient (Wildman–Crippen LogP) is 3.55. The van der Waals surface area contributed by atoms with E-state index in [-0.39, 0.29) is 0 Å². The van der Waals surface area contributed by atoms with Gasteiger partial charge in [-0.05, 0) is 28.4 Å². The van der Waals surface area contributed by atoms with E-state index >= 15 is 0 Å². The minimum Gasteiger partial charge on any atom is -0.323 e. The van der Waals surface area contributed by atoms with Gasteiger partial charge in [0.1, 0.15) is 11.3 Å². The van der Waals surface area contributed by atoms with E-state index in [0.717, 1.165) is 27.9 Å². The summed E-state index contributed by atoms with van der Waals surface area (Å²) in [7, 11) is 0. The smallest absolute Gasteiger partial charge is 0.108 e. The van der Waals surface area contributed by atoms with Gasteiger partial charge in [-0.3, -0.25) is 4.98 Å². The Kier molecular flexibility index (Phi) is 2.88. The van der Waals surface area contributed by atoms with E-state index in [1.165, 1.54) is 5.56 Å². The molecule has 0 saturated carbocycles. The van der Waals surface area contributed by atoms with Crippen molar-refractivity contribution in [1.29, 1.82) is 0 Å². The number of imidazole rings is 1. The largest absolute Gasteiger partial charge is 0.323 e. The summed E-state index contributed by atoms with van der Waals surface area (Å²) in [6.07, 6.45) is 3.61. The molecule has 0 radical (unpaired) electrons. The zero-order valence-corrected chi connectivity index (χ0v) is 11.6. The predicted molar refractivity (Wildman–Crippen MR) is 75.5 cm³/mol. The van der Waals surface area contributed by atoms with Gasteiger partial charge >= 0.3 is 0 Å². The van der Waals surface area contributed by atoms with Crippen LogP contribution in [0.15, 0.2) is 47.2 Å². The molecule has 0 spiro atoms. The van der Waals surface area contributed by atoms with E-state index in [1.54, 1.807) is 6.20 Å². The third-order valence-electron chi connectivity index (χ3n) is 2.98. The summed E-state index contributed by atoms with van der Waals surface area (Å²) in [5.74, 6) is 1.00. The van der Waals surface area contributed by atoms with Crippen molar-refractivity contribution < 1.29 is 0 Å². The molecule has 0 aliphatic heterocycles. The summed E-state index contributed by atoms with van der Waals surface area (Å²) in [4.78, 5) is 8.69. The first kappa shape index (κ1) is 11.4. The van der Waals surface area contributed by atoms with Gasteiger partial charge in [-0.1, -0.05) is 30.3 Å². The van der Waals surface area contributed by atoms with Crippen molar-refractivity contribution in [3.05, 3.63) is 58.6 Å². The number of hydrogen-bond donors (Lipinski definition) is 0. The fourth-order valence-electron chi connectivity index (χ4n) is 2.12. The Balaban J connectivity index is 2.14. The Labute approximate surface area is 114 Å². The van der Waals surface area contributed by atoms with E-state index in [9.17, 15) is 0 Å². The molecule has 0 unspecified atom stereocenters. The molecule has 3 aromatic rings. The lowest BCUT2D eigenvalue weighted by molar-refractivity contribution is 0.785. The van der Waals surface area contributed by atoms with Gasteiger partial charge in [0.05, 0.1) is 16.2 Å². The van der Waals surface area contributed by atoms with Crippen LogP contribution in [0.1, 0.15) is 11.4 Å². The van der Waals surface area contributed by atoms with E-state index < -0.39 is 0 Å². The molecule has 3 rings (SSSR count). The third kappa shape index (κ3) is 1.93. The maximum absolute atomic E-state index is 4.54. The summed E-state index contributed by atoms with van der Waals surface area (Å²) < 4.78 is 3.19. The highest BCUT2D eigenvalue weighted by atomic mass is 79.9. The lowest BCUT2D eigenvalue weighted by Crippen LogP contribution is -2.02. The fourth-order valence-corrected chi connectivity index (χ4v) is 2.66. The van der Waals surface area contributed by atoms with Gasteiger partial charge in [-0.2, -0.15) is 0 Å². The standard InChI is InChI=1S/C14H12BrN3/c1-10-17-13-8-16-7-12(15)14(13)18(10)9-11-5-3-2-4-6-11/h2-8H,9H2,1H3. The molecule has 0 atom stereocenters. The van der Waals surface area contributed by atoms with Gasteiger partial charge in [-0.15, -0.1) is 0 Å². The number of aromatic nitrogens is 3. The molecule has 0 aliphatic carbocycles. The van der Waals surface area contributed by atoms with Crippen molar-refractivity contribution >= 4 is 27.0 Å². The molecule has 2 heterocycles. The van der Waals surface area contributed by atoms with E-state index in [2.05, 4.69) is 54.7 Å². The Morgan fingerprint density at radius 1 is 1.17 bits per heavy atom. The maximum Gasteiger partial charge on any atom is 0.108 e. The maximum atomic E-state index is 4.54. The molecule has 0 aliphatic rings. The van der Waals surface area contributed by atoms with Crippen LogP contribution in [0.4, 0.5) is 0 Å². The molecule has 0 saturated heterocycles. The molecular formula is C14H12BrN3. The number of fused-ring (bicyclic) bond motifs is 1. The number of pyridine rings is 1. The third-order valence-corrected chi connectivity index (χ3v) is 3.56. The van der Waals surface area contributed by atoms with Gasteiger partial charge < -0.3 is 4.57 Å². The van der Waals surface area contributed by atoms with Crippen LogP contribution in [-0.2, 0) is 6.54 Å². The number of hydrogen-bond acceptors (Lipinski definition) is 2. The molecular weight excluding hydrogens is 290 g/mol. The van der Waals surface area contributed by atoms with Crippen LogP contribution in [0.3, 0.4) is 0 Å². The van der Waals surface area contributed by atoms with Gasteiger partial charge in [-0.25, -0.2) is 4.98 Å². The molecule has 3 nitrogen and oxygen atoms in total. The minimum absolute atomic E-state index is 0.825. The van der Waals surface area contributed by atoms with Gasteiger partial charge in [0.25, 0.3) is 0 Å². The van der Waals surface area contributed by atoms with Crippen LogP contribution in [0.5, 0.6) is 0 Å². The second kappa shape index (κ2) is 4.53. The summed E-state index contributed by atoms with van der Waals surface area (Å²) in [6, 6.07) is 10.4. The summed E-state index contributed by atoms with van der Waals surface area (Å²) in [5.41, 5.74) is 3.30. The molecule has 1 aromatic carbocycles. The number of nitrogens with zero attached hydrogens (tertiary/aromatic N) is 3. The molecule has 0 amide bonds. The average Bonchev–Trinajstić information content (AvgIpc) is 2.69. The van der Waals surface area contributed by atoms with Crippen molar-refractivity contribution in [3.8, 4) is 0 Å². The summed E-state index contributed by atoms with van der Waals surface area (Å²) in [5, 5.41) is 0. The van der Waals surface area contributed by atoms with Crippen molar-refractivity contribution in [1.82, 2.24) is 14.5 Å². The SMILES string of the molecule is Cc1nc2cncc(Br)c2n1Cc1ccccc1. The van der Waals surface area contributed by atoms with Crippen molar-refractivity contribution in [2.24, 2.45) is 0 Å². The molecule has 4 heteroatoms. The quantitative estimate of drug-likeness (QED) is 0.725. The van der Waals surface area contributed by atoms with E-state index in [4.69, 9.17) is 0 Å². The molecule has 2 aromatic heterocycles. The molecule has 0 N–H and O–H groups in total. The normalized spacial score (nSPS) is 11.0. The number of halogens is 1. The van der Waals surface area contributed by atoms with E-state index in [0.29, 0.717) is 0 Å². The number of aryl methyl sites for hydroxylation is 1. The first-order chi connectivity index (χ1) is 8.75. The summed E-state index contributed by atoms with van der Waals surface area (Å²) >= 11 is 3.55. The van der Waals surface area contributed by atoms with Crippen LogP contribution in [-0.4, -0.2) is 14.5 Å². The second-order valence-corrected chi connectivity index (χ2v) is 5.07. The molecule has 0 bridgehead atoms. The monoisotopic (exact) mass is 301 g/mol. The van der Waals surface area contributed by atoms with Crippen LogP contribution in [0, 0.1) is 6.92 Å². The average molecular weight is 302 g/mol. The first-order valence-electron chi connectivity index (χ1n) is 5.76. The zero-order chi connectivity index (χ0) is 12.5. The Morgan fingerprint density at radius 2 is 1.94 bits per heavy atom. The Bertz CT molecular complexity index is 689. The van der Waals surface area contributed by atoms with Crippen LogP contribution >= 0.6 is 15.9 Å². The van der Waals surface area contributed by atoms with Crippen LogP contribution < -0.4 is 0 Å². The second-order valence-electron chi connectivity index (χ2n) is 4.22. The van der Waals surface area contributed by atoms with Gasteiger partial charge in [0, 0.05) is 12.7 Å². The topological polar surface area (TPSA) is 30.7 Å². The Morgan fingerprint density at radius 3 is 2.72 bits per heavy atom. The lowest BCUT2D eigenvalue weighted by Gasteiger charge is -2.07. The van der Waals surface area contributed by atoms with Crippen LogP contribution in [0.25, 0.3) is 11.0 Å². The van der Waals surface area contributed by atoms with Crippen molar-refractivity contribution in [2.75, 3.05) is 0 Å². The Hall–Kier alpha value is -1.68. The van der Waals surface area contributed by atoms with Gasteiger partial charge in [0.15, 0.2) is 0 Å². The lowest BCUT2D eigenvalue weighted by atomic mass is 10.2. The molecule has 90 valence electrons. The highest BCUT2D eigenvalue weighted by Crippen LogP contribution is 2.24. The minimum atomic E-state index is 0.825. The van der Waals surface area contributed by atoms with Crippen LogP contribution in [0.2, 0.25) is 0 Å².